The van der Waals surface area contributed by atoms with Gasteiger partial charge >= 0.3 is 0 Å². The molecule has 2 N–H and O–H groups in total. The molecular formula is C18H22FN3. The average molecular weight is 299 g/mol. The minimum atomic E-state index is -0.227. The number of benzene rings is 1. The molecule has 3 rings (SSSR count). The van der Waals surface area contributed by atoms with Gasteiger partial charge in [0, 0.05) is 30.8 Å². The molecule has 1 aromatic carbocycles. The summed E-state index contributed by atoms with van der Waals surface area (Å²) in [5, 5.41) is 0. The minimum absolute atomic E-state index is 0.227. The van der Waals surface area contributed by atoms with Crippen molar-refractivity contribution in [1.82, 2.24) is 4.98 Å². The molecule has 1 aliphatic heterocycles. The SMILES string of the molecule is NCc1ccc(-c2ccc(F)cc2)nc1N1CCCCCC1. The van der Waals surface area contributed by atoms with Crippen LogP contribution in [0.3, 0.4) is 0 Å². The highest BCUT2D eigenvalue weighted by Crippen LogP contribution is 2.26. The number of aromatic nitrogens is 1. The van der Waals surface area contributed by atoms with E-state index in [-0.39, 0.29) is 5.82 Å². The Hall–Kier alpha value is -1.94. The van der Waals surface area contributed by atoms with Crippen LogP contribution in [0.25, 0.3) is 11.3 Å². The molecule has 3 nitrogen and oxygen atoms in total. The Morgan fingerprint density at radius 3 is 2.27 bits per heavy atom. The Morgan fingerprint density at radius 2 is 1.64 bits per heavy atom. The minimum Gasteiger partial charge on any atom is -0.356 e. The molecule has 116 valence electrons. The summed E-state index contributed by atoms with van der Waals surface area (Å²) in [7, 11) is 0. The molecule has 0 amide bonds. The first-order valence-electron chi connectivity index (χ1n) is 7.99. The van der Waals surface area contributed by atoms with Gasteiger partial charge in [0.05, 0.1) is 5.69 Å². The fourth-order valence-corrected chi connectivity index (χ4v) is 2.97. The van der Waals surface area contributed by atoms with Crippen LogP contribution in [0, 0.1) is 5.82 Å². The van der Waals surface area contributed by atoms with E-state index in [1.807, 2.05) is 12.1 Å². The Morgan fingerprint density at radius 1 is 0.955 bits per heavy atom. The van der Waals surface area contributed by atoms with Crippen LogP contribution in [-0.2, 0) is 6.54 Å². The summed E-state index contributed by atoms with van der Waals surface area (Å²) in [4.78, 5) is 7.18. The molecular weight excluding hydrogens is 277 g/mol. The number of rotatable bonds is 3. The van der Waals surface area contributed by atoms with Gasteiger partial charge in [0.15, 0.2) is 0 Å². The van der Waals surface area contributed by atoms with E-state index in [1.165, 1.54) is 37.8 Å². The van der Waals surface area contributed by atoms with Crippen molar-refractivity contribution in [1.29, 1.82) is 0 Å². The summed E-state index contributed by atoms with van der Waals surface area (Å²) in [6.45, 7) is 2.56. The van der Waals surface area contributed by atoms with Crippen molar-refractivity contribution in [3.8, 4) is 11.3 Å². The van der Waals surface area contributed by atoms with Gasteiger partial charge in [-0.05, 0) is 43.2 Å². The number of nitrogens with two attached hydrogens (primary N) is 1. The number of pyridine rings is 1. The molecule has 1 aromatic heterocycles. The lowest BCUT2D eigenvalue weighted by molar-refractivity contribution is 0.628. The normalized spacial score (nSPS) is 15.6. The lowest BCUT2D eigenvalue weighted by Crippen LogP contribution is -2.26. The standard InChI is InChI=1S/C18H22FN3/c19-16-8-5-14(6-9-16)17-10-7-15(13-20)18(21-17)22-11-3-1-2-4-12-22/h5-10H,1-4,11-13,20H2. The lowest BCUT2D eigenvalue weighted by atomic mass is 10.1. The maximum Gasteiger partial charge on any atom is 0.133 e. The third kappa shape index (κ3) is 3.28. The maximum absolute atomic E-state index is 13.1. The van der Waals surface area contributed by atoms with Crippen molar-refractivity contribution in [3.63, 3.8) is 0 Å². The first kappa shape index (κ1) is 15.0. The fourth-order valence-electron chi connectivity index (χ4n) is 2.97. The molecule has 0 unspecified atom stereocenters. The summed E-state index contributed by atoms with van der Waals surface area (Å²) in [5.41, 5.74) is 8.77. The van der Waals surface area contributed by atoms with Crippen LogP contribution >= 0.6 is 0 Å². The summed E-state index contributed by atoms with van der Waals surface area (Å²) >= 11 is 0. The first-order chi connectivity index (χ1) is 10.8. The third-order valence-electron chi connectivity index (χ3n) is 4.22. The molecule has 2 aromatic rings. The highest BCUT2D eigenvalue weighted by molar-refractivity contribution is 5.63. The zero-order valence-electron chi connectivity index (χ0n) is 12.8. The van der Waals surface area contributed by atoms with E-state index in [9.17, 15) is 4.39 Å². The predicted molar refractivity (Wildman–Crippen MR) is 88.2 cm³/mol. The summed E-state index contributed by atoms with van der Waals surface area (Å²) in [6.07, 6.45) is 4.97. The number of hydrogen-bond donors (Lipinski definition) is 1. The van der Waals surface area contributed by atoms with Gasteiger partial charge in [0.25, 0.3) is 0 Å². The molecule has 4 heteroatoms. The highest BCUT2D eigenvalue weighted by atomic mass is 19.1. The van der Waals surface area contributed by atoms with Gasteiger partial charge in [0.1, 0.15) is 11.6 Å². The predicted octanol–water partition coefficient (Wildman–Crippen LogP) is 3.73. The van der Waals surface area contributed by atoms with Crippen LogP contribution in [0.4, 0.5) is 10.2 Å². The topological polar surface area (TPSA) is 42.1 Å². The fraction of sp³-hybridized carbons (Fsp3) is 0.389. The van der Waals surface area contributed by atoms with Crippen LogP contribution in [0.2, 0.25) is 0 Å². The maximum atomic E-state index is 13.1. The molecule has 0 atom stereocenters. The van der Waals surface area contributed by atoms with Crippen LogP contribution in [-0.4, -0.2) is 18.1 Å². The Labute approximate surface area is 131 Å². The molecule has 1 fully saturated rings. The van der Waals surface area contributed by atoms with E-state index in [0.717, 1.165) is 35.7 Å². The molecule has 1 saturated heterocycles. The molecule has 1 aliphatic rings. The first-order valence-corrected chi connectivity index (χ1v) is 7.99. The van der Waals surface area contributed by atoms with Crippen LogP contribution in [0.15, 0.2) is 36.4 Å². The molecule has 2 heterocycles. The van der Waals surface area contributed by atoms with Gasteiger partial charge in [-0.3, -0.25) is 0 Å². The zero-order valence-corrected chi connectivity index (χ0v) is 12.8. The van der Waals surface area contributed by atoms with E-state index < -0.39 is 0 Å². The Kier molecular flexibility index (Phi) is 4.68. The number of hydrogen-bond acceptors (Lipinski definition) is 3. The van der Waals surface area contributed by atoms with Gasteiger partial charge in [-0.2, -0.15) is 0 Å². The number of halogens is 1. The van der Waals surface area contributed by atoms with Crippen molar-refractivity contribution in [2.24, 2.45) is 5.73 Å². The molecule has 0 aliphatic carbocycles. The largest absolute Gasteiger partial charge is 0.356 e. The Bertz CT molecular complexity index is 617. The van der Waals surface area contributed by atoms with Crippen molar-refractivity contribution in [3.05, 3.63) is 47.8 Å². The van der Waals surface area contributed by atoms with Gasteiger partial charge in [-0.15, -0.1) is 0 Å². The molecule has 22 heavy (non-hydrogen) atoms. The van der Waals surface area contributed by atoms with E-state index in [4.69, 9.17) is 10.7 Å². The van der Waals surface area contributed by atoms with E-state index in [0.29, 0.717) is 6.54 Å². The van der Waals surface area contributed by atoms with Gasteiger partial charge in [-0.1, -0.05) is 18.9 Å². The third-order valence-corrected chi connectivity index (χ3v) is 4.22. The summed E-state index contributed by atoms with van der Waals surface area (Å²) in [6, 6.07) is 10.5. The highest BCUT2D eigenvalue weighted by Gasteiger charge is 2.15. The van der Waals surface area contributed by atoms with E-state index in [1.54, 1.807) is 12.1 Å². The van der Waals surface area contributed by atoms with Crippen molar-refractivity contribution < 1.29 is 4.39 Å². The second-order valence-corrected chi connectivity index (χ2v) is 5.79. The molecule has 0 radical (unpaired) electrons. The zero-order chi connectivity index (χ0) is 15.4. The molecule has 0 spiro atoms. The Balaban J connectivity index is 1.96. The van der Waals surface area contributed by atoms with Gasteiger partial charge < -0.3 is 10.6 Å². The van der Waals surface area contributed by atoms with Crippen LogP contribution in [0.1, 0.15) is 31.2 Å². The van der Waals surface area contributed by atoms with Gasteiger partial charge in [0.2, 0.25) is 0 Å². The number of anilines is 1. The van der Waals surface area contributed by atoms with Crippen molar-refractivity contribution >= 4 is 5.82 Å². The van der Waals surface area contributed by atoms with Gasteiger partial charge in [-0.25, -0.2) is 9.37 Å². The van der Waals surface area contributed by atoms with Crippen molar-refractivity contribution in [2.75, 3.05) is 18.0 Å². The van der Waals surface area contributed by atoms with E-state index >= 15 is 0 Å². The van der Waals surface area contributed by atoms with E-state index in [2.05, 4.69) is 4.90 Å². The monoisotopic (exact) mass is 299 g/mol. The second kappa shape index (κ2) is 6.88. The molecule has 0 bridgehead atoms. The van der Waals surface area contributed by atoms with Crippen molar-refractivity contribution in [2.45, 2.75) is 32.2 Å². The lowest BCUT2D eigenvalue weighted by Gasteiger charge is -2.24. The second-order valence-electron chi connectivity index (χ2n) is 5.79. The molecule has 0 saturated carbocycles. The average Bonchev–Trinajstić information content (AvgIpc) is 2.84. The number of nitrogens with zero attached hydrogens (tertiary/aromatic N) is 2. The van der Waals surface area contributed by atoms with Crippen LogP contribution < -0.4 is 10.6 Å². The van der Waals surface area contributed by atoms with Crippen LogP contribution in [0.5, 0.6) is 0 Å². The summed E-state index contributed by atoms with van der Waals surface area (Å²) < 4.78 is 13.1. The summed E-state index contributed by atoms with van der Waals surface area (Å²) in [5.74, 6) is 0.765. The quantitative estimate of drug-likeness (QED) is 0.939. The smallest absolute Gasteiger partial charge is 0.133 e.